The maximum Gasteiger partial charge on any atom is 0.147 e. The lowest BCUT2D eigenvalue weighted by atomic mass is 10.0. The summed E-state index contributed by atoms with van der Waals surface area (Å²) in [6, 6.07) is 8.36. The average molecular weight is 270 g/mol. The van der Waals surface area contributed by atoms with Gasteiger partial charge in [0.25, 0.3) is 0 Å². The maximum atomic E-state index is 11.1. The van der Waals surface area contributed by atoms with Crippen LogP contribution >= 0.6 is 0 Å². The van der Waals surface area contributed by atoms with Gasteiger partial charge in [-0.1, -0.05) is 29.8 Å². The highest BCUT2D eigenvalue weighted by Gasteiger charge is 2.11. The van der Waals surface area contributed by atoms with Crippen molar-refractivity contribution in [2.24, 2.45) is 5.84 Å². The molecule has 5 heteroatoms. The fraction of sp³-hybridized carbons (Fsp3) is 0.538. The van der Waals surface area contributed by atoms with Crippen molar-refractivity contribution in [3.63, 3.8) is 0 Å². The lowest BCUT2D eigenvalue weighted by Gasteiger charge is -2.15. The third kappa shape index (κ3) is 6.14. The molecule has 1 aromatic rings. The number of sulfone groups is 1. The fourth-order valence-corrected chi connectivity index (χ4v) is 2.59. The van der Waals surface area contributed by atoms with Gasteiger partial charge in [-0.3, -0.25) is 11.3 Å². The Labute approximate surface area is 109 Å². The van der Waals surface area contributed by atoms with E-state index in [1.165, 1.54) is 17.4 Å². The fourth-order valence-electron chi connectivity index (χ4n) is 1.88. The van der Waals surface area contributed by atoms with Crippen molar-refractivity contribution in [1.82, 2.24) is 5.43 Å². The van der Waals surface area contributed by atoms with E-state index in [1.54, 1.807) is 0 Å². The molecule has 1 aromatic carbocycles. The molecular formula is C13H22N2O2S. The van der Waals surface area contributed by atoms with Crippen LogP contribution in [-0.2, 0) is 16.3 Å². The molecule has 1 unspecified atom stereocenters. The molecular weight excluding hydrogens is 248 g/mol. The van der Waals surface area contributed by atoms with Crippen LogP contribution in [-0.4, -0.2) is 26.5 Å². The molecule has 0 aliphatic rings. The Morgan fingerprint density at radius 2 is 2.06 bits per heavy atom. The van der Waals surface area contributed by atoms with E-state index in [0.29, 0.717) is 6.42 Å². The zero-order valence-corrected chi connectivity index (χ0v) is 11.8. The van der Waals surface area contributed by atoms with Crippen LogP contribution in [0.1, 0.15) is 24.0 Å². The van der Waals surface area contributed by atoms with Crippen molar-refractivity contribution < 1.29 is 8.42 Å². The second-order valence-electron chi connectivity index (χ2n) is 4.81. The standard InChI is InChI=1S/C13H22N2O2S/c1-11-4-3-5-12(10-11)6-7-13(15-14)8-9-18(2,16)17/h3-5,10,13,15H,6-9,14H2,1-2H3. The van der Waals surface area contributed by atoms with Gasteiger partial charge in [0.2, 0.25) is 0 Å². The Balaban J connectivity index is 2.44. The summed E-state index contributed by atoms with van der Waals surface area (Å²) in [5.74, 6) is 5.63. The average Bonchev–Trinajstić information content (AvgIpc) is 2.28. The number of aryl methyl sites for hydroxylation is 2. The lowest BCUT2D eigenvalue weighted by Crippen LogP contribution is -2.36. The topological polar surface area (TPSA) is 72.2 Å². The summed E-state index contributed by atoms with van der Waals surface area (Å²) < 4.78 is 22.2. The molecule has 0 amide bonds. The second-order valence-corrected chi connectivity index (χ2v) is 7.07. The van der Waals surface area contributed by atoms with E-state index in [4.69, 9.17) is 5.84 Å². The zero-order valence-electron chi connectivity index (χ0n) is 11.0. The van der Waals surface area contributed by atoms with E-state index < -0.39 is 9.84 Å². The highest BCUT2D eigenvalue weighted by molar-refractivity contribution is 7.90. The molecule has 0 spiro atoms. The first-order valence-corrected chi connectivity index (χ1v) is 8.16. The maximum absolute atomic E-state index is 11.1. The molecule has 0 fully saturated rings. The van der Waals surface area contributed by atoms with Crippen LogP contribution in [0.15, 0.2) is 24.3 Å². The highest BCUT2D eigenvalue weighted by Crippen LogP contribution is 2.09. The number of benzene rings is 1. The van der Waals surface area contributed by atoms with Crippen molar-refractivity contribution in [2.75, 3.05) is 12.0 Å². The SMILES string of the molecule is Cc1cccc(CCC(CCS(C)(=O)=O)NN)c1. The second kappa shape index (κ2) is 6.87. The Hall–Kier alpha value is -0.910. The molecule has 102 valence electrons. The highest BCUT2D eigenvalue weighted by atomic mass is 32.2. The molecule has 4 nitrogen and oxygen atoms in total. The van der Waals surface area contributed by atoms with Gasteiger partial charge in [0.05, 0.1) is 5.75 Å². The molecule has 0 radical (unpaired) electrons. The van der Waals surface area contributed by atoms with Gasteiger partial charge in [0.15, 0.2) is 0 Å². The first kappa shape index (κ1) is 15.1. The first-order chi connectivity index (χ1) is 8.40. The van der Waals surface area contributed by atoms with Crippen LogP contribution in [0, 0.1) is 6.92 Å². The summed E-state index contributed by atoms with van der Waals surface area (Å²) in [6.45, 7) is 2.06. The predicted molar refractivity (Wildman–Crippen MR) is 74.9 cm³/mol. The molecule has 3 N–H and O–H groups in total. The van der Waals surface area contributed by atoms with Gasteiger partial charge >= 0.3 is 0 Å². The van der Waals surface area contributed by atoms with E-state index in [1.807, 2.05) is 6.07 Å². The molecule has 0 saturated heterocycles. The molecule has 1 atom stereocenters. The summed E-state index contributed by atoms with van der Waals surface area (Å²) in [7, 11) is -2.91. The molecule has 0 aromatic heterocycles. The van der Waals surface area contributed by atoms with Crippen LogP contribution in [0.5, 0.6) is 0 Å². The van der Waals surface area contributed by atoms with E-state index in [-0.39, 0.29) is 11.8 Å². The molecule has 0 bridgehead atoms. The van der Waals surface area contributed by atoms with Crippen LogP contribution < -0.4 is 11.3 Å². The first-order valence-electron chi connectivity index (χ1n) is 6.10. The molecule has 0 aliphatic heterocycles. The smallest absolute Gasteiger partial charge is 0.147 e. The Kier molecular flexibility index (Phi) is 5.78. The van der Waals surface area contributed by atoms with Gasteiger partial charge in [-0.15, -0.1) is 0 Å². The predicted octanol–water partition coefficient (Wildman–Crippen LogP) is 1.19. The quantitative estimate of drug-likeness (QED) is 0.577. The van der Waals surface area contributed by atoms with Gasteiger partial charge in [-0.05, 0) is 31.7 Å². The number of rotatable bonds is 7. The monoisotopic (exact) mass is 270 g/mol. The summed E-state index contributed by atoms with van der Waals surface area (Å²) in [6.07, 6.45) is 3.55. The minimum atomic E-state index is -2.91. The Morgan fingerprint density at radius 3 is 2.61 bits per heavy atom. The van der Waals surface area contributed by atoms with Crippen molar-refractivity contribution >= 4 is 9.84 Å². The summed E-state index contributed by atoms with van der Waals surface area (Å²) in [5, 5.41) is 0. The van der Waals surface area contributed by atoms with E-state index in [0.717, 1.165) is 12.8 Å². The van der Waals surface area contributed by atoms with Gasteiger partial charge in [0, 0.05) is 12.3 Å². The Bertz CT molecular complexity index is 472. The zero-order chi connectivity index (χ0) is 13.6. The minimum Gasteiger partial charge on any atom is -0.271 e. The molecule has 0 saturated carbocycles. The third-order valence-corrected chi connectivity index (χ3v) is 3.91. The van der Waals surface area contributed by atoms with Crippen LogP contribution in [0.2, 0.25) is 0 Å². The van der Waals surface area contributed by atoms with Gasteiger partial charge in [0.1, 0.15) is 9.84 Å². The number of hydrogen-bond acceptors (Lipinski definition) is 4. The number of hydrogen-bond donors (Lipinski definition) is 2. The molecule has 0 aliphatic carbocycles. The van der Waals surface area contributed by atoms with E-state index in [2.05, 4.69) is 30.5 Å². The van der Waals surface area contributed by atoms with Crippen molar-refractivity contribution in [3.05, 3.63) is 35.4 Å². The molecule has 0 heterocycles. The number of hydrazine groups is 1. The summed E-state index contributed by atoms with van der Waals surface area (Å²) in [4.78, 5) is 0. The lowest BCUT2D eigenvalue weighted by molar-refractivity contribution is 0.479. The third-order valence-electron chi connectivity index (χ3n) is 2.94. The van der Waals surface area contributed by atoms with Crippen LogP contribution in [0.3, 0.4) is 0 Å². The summed E-state index contributed by atoms with van der Waals surface area (Å²) in [5.41, 5.74) is 5.19. The van der Waals surface area contributed by atoms with Gasteiger partial charge < -0.3 is 0 Å². The number of nitrogens with one attached hydrogen (secondary N) is 1. The largest absolute Gasteiger partial charge is 0.271 e. The van der Waals surface area contributed by atoms with Crippen LogP contribution in [0.25, 0.3) is 0 Å². The van der Waals surface area contributed by atoms with E-state index in [9.17, 15) is 8.42 Å². The van der Waals surface area contributed by atoms with Gasteiger partial charge in [-0.2, -0.15) is 0 Å². The van der Waals surface area contributed by atoms with Crippen LogP contribution in [0.4, 0.5) is 0 Å². The number of nitrogens with two attached hydrogens (primary N) is 1. The van der Waals surface area contributed by atoms with Gasteiger partial charge in [-0.25, -0.2) is 8.42 Å². The van der Waals surface area contributed by atoms with Crippen molar-refractivity contribution in [2.45, 2.75) is 32.2 Å². The van der Waals surface area contributed by atoms with Crippen molar-refractivity contribution in [1.29, 1.82) is 0 Å². The molecule has 1 rings (SSSR count). The summed E-state index contributed by atoms with van der Waals surface area (Å²) >= 11 is 0. The van der Waals surface area contributed by atoms with E-state index >= 15 is 0 Å². The van der Waals surface area contributed by atoms with Crippen molar-refractivity contribution in [3.8, 4) is 0 Å². The normalized spacial score (nSPS) is 13.5. The minimum absolute atomic E-state index is 0.0419. The molecule has 18 heavy (non-hydrogen) atoms. The Morgan fingerprint density at radius 1 is 1.33 bits per heavy atom.